The van der Waals surface area contributed by atoms with Crippen molar-refractivity contribution in [3.8, 4) is 11.8 Å². The Morgan fingerprint density at radius 2 is 1.95 bits per heavy atom. The molecular formula is C16H21NO2. The third kappa shape index (κ3) is 4.67. The molecule has 1 rings (SSSR count). The number of nitriles is 1. The molecule has 0 fully saturated rings. The zero-order valence-electron chi connectivity index (χ0n) is 12.3. The molecule has 0 aliphatic carbocycles. The van der Waals surface area contributed by atoms with Crippen molar-refractivity contribution in [2.45, 2.75) is 46.3 Å². The summed E-state index contributed by atoms with van der Waals surface area (Å²) in [6.45, 7) is 13.6. The summed E-state index contributed by atoms with van der Waals surface area (Å²) >= 11 is 0. The van der Waals surface area contributed by atoms with Crippen LogP contribution in [0.25, 0.3) is 5.76 Å². The lowest BCUT2D eigenvalue weighted by Gasteiger charge is -2.23. The van der Waals surface area contributed by atoms with Crippen LogP contribution in [-0.4, -0.2) is 11.7 Å². The van der Waals surface area contributed by atoms with Crippen molar-refractivity contribution in [3.05, 3.63) is 35.9 Å². The van der Waals surface area contributed by atoms with Gasteiger partial charge in [0, 0.05) is 5.56 Å². The van der Waals surface area contributed by atoms with Gasteiger partial charge in [-0.15, -0.1) is 0 Å². The molecule has 0 aliphatic heterocycles. The average Bonchev–Trinajstić information content (AvgIpc) is 2.25. The molecule has 0 unspecified atom stereocenters. The zero-order chi connectivity index (χ0) is 14.6. The van der Waals surface area contributed by atoms with E-state index in [-0.39, 0.29) is 11.7 Å². The number of rotatable bonds is 4. The van der Waals surface area contributed by atoms with Crippen LogP contribution in [0.1, 0.15) is 45.7 Å². The summed E-state index contributed by atoms with van der Waals surface area (Å²) in [6, 6.07) is 7.51. The highest BCUT2D eigenvalue weighted by Crippen LogP contribution is 2.27. The quantitative estimate of drug-likeness (QED) is 0.763. The fraction of sp³-hybridized carbons (Fsp3) is 0.438. The summed E-state index contributed by atoms with van der Waals surface area (Å²) in [4.78, 5) is 0. The molecule has 0 N–H and O–H groups in total. The Morgan fingerprint density at radius 1 is 1.32 bits per heavy atom. The van der Waals surface area contributed by atoms with Crippen LogP contribution in [0.5, 0.6) is 5.75 Å². The number of benzene rings is 1. The monoisotopic (exact) mass is 259 g/mol. The van der Waals surface area contributed by atoms with Crippen LogP contribution in [-0.2, 0) is 4.74 Å². The van der Waals surface area contributed by atoms with E-state index < -0.39 is 0 Å². The Labute approximate surface area is 115 Å². The van der Waals surface area contributed by atoms with Crippen LogP contribution in [0.15, 0.2) is 24.8 Å². The first kappa shape index (κ1) is 15.1. The Morgan fingerprint density at radius 3 is 2.42 bits per heavy atom. The smallest absolute Gasteiger partial charge is 0.121 e. The lowest BCUT2D eigenvalue weighted by atomic mass is 10.1. The van der Waals surface area contributed by atoms with Crippen molar-refractivity contribution in [2.24, 2.45) is 0 Å². The lowest BCUT2D eigenvalue weighted by molar-refractivity contribution is 0.0976. The second-order valence-electron chi connectivity index (χ2n) is 5.62. The topological polar surface area (TPSA) is 42.2 Å². The molecule has 0 saturated heterocycles. The van der Waals surface area contributed by atoms with E-state index in [1.54, 1.807) is 6.07 Å². The van der Waals surface area contributed by atoms with Gasteiger partial charge in [0.25, 0.3) is 0 Å². The highest BCUT2D eigenvalue weighted by atomic mass is 16.5. The van der Waals surface area contributed by atoms with Crippen LogP contribution in [0, 0.1) is 11.3 Å². The molecule has 0 saturated carbocycles. The fourth-order valence-corrected chi connectivity index (χ4v) is 1.63. The predicted molar refractivity (Wildman–Crippen MR) is 76.8 cm³/mol. The molecule has 0 heterocycles. The normalized spacial score (nSPS) is 11.0. The molecular weight excluding hydrogens is 238 g/mol. The maximum Gasteiger partial charge on any atom is 0.121 e. The van der Waals surface area contributed by atoms with Gasteiger partial charge in [-0.3, -0.25) is 0 Å². The van der Waals surface area contributed by atoms with Gasteiger partial charge < -0.3 is 9.47 Å². The Hall–Kier alpha value is -1.95. The third-order valence-corrected chi connectivity index (χ3v) is 2.21. The summed E-state index contributed by atoms with van der Waals surface area (Å²) in [6.07, 6.45) is 0.0754. The van der Waals surface area contributed by atoms with Gasteiger partial charge >= 0.3 is 0 Å². The van der Waals surface area contributed by atoms with Crippen molar-refractivity contribution in [1.29, 1.82) is 5.26 Å². The van der Waals surface area contributed by atoms with Gasteiger partial charge in [0.2, 0.25) is 0 Å². The first-order valence-corrected chi connectivity index (χ1v) is 6.32. The largest absolute Gasteiger partial charge is 0.491 e. The van der Waals surface area contributed by atoms with Crippen molar-refractivity contribution in [3.63, 3.8) is 0 Å². The molecule has 0 bridgehead atoms. The molecule has 3 nitrogen and oxygen atoms in total. The zero-order valence-corrected chi connectivity index (χ0v) is 12.3. The molecule has 102 valence electrons. The van der Waals surface area contributed by atoms with Crippen molar-refractivity contribution in [1.82, 2.24) is 0 Å². The van der Waals surface area contributed by atoms with E-state index >= 15 is 0 Å². The van der Waals surface area contributed by atoms with E-state index in [1.807, 2.05) is 46.8 Å². The van der Waals surface area contributed by atoms with E-state index in [2.05, 4.69) is 12.6 Å². The van der Waals surface area contributed by atoms with Gasteiger partial charge in [0.15, 0.2) is 0 Å². The number of ether oxygens (including phenoxy) is 2. The summed E-state index contributed by atoms with van der Waals surface area (Å²) in [5.74, 6) is 1.18. The Bertz CT molecular complexity index is 504. The predicted octanol–water partition coefficient (Wildman–Crippen LogP) is 4.13. The Kier molecular flexibility index (Phi) is 4.61. The number of hydrogen-bond acceptors (Lipinski definition) is 3. The highest BCUT2D eigenvalue weighted by Gasteiger charge is 2.16. The average molecular weight is 259 g/mol. The summed E-state index contributed by atoms with van der Waals surface area (Å²) < 4.78 is 11.3. The van der Waals surface area contributed by atoms with Crippen LogP contribution in [0.3, 0.4) is 0 Å². The minimum Gasteiger partial charge on any atom is -0.491 e. The molecule has 1 aromatic rings. The summed E-state index contributed by atoms with van der Waals surface area (Å²) in [5, 5.41) is 9.22. The first-order valence-electron chi connectivity index (χ1n) is 6.32. The first-order chi connectivity index (χ1) is 8.73. The molecule has 1 aromatic carbocycles. The summed E-state index contributed by atoms with van der Waals surface area (Å²) in [5.41, 5.74) is 0.873. The highest BCUT2D eigenvalue weighted by molar-refractivity contribution is 5.65. The van der Waals surface area contributed by atoms with Crippen molar-refractivity contribution >= 4 is 5.76 Å². The minimum absolute atomic E-state index is 0.0754. The summed E-state index contributed by atoms with van der Waals surface area (Å²) in [7, 11) is 0. The SMILES string of the molecule is C=C(OC(C)(C)C)c1ccc(OC(C)C)cc1C#N. The molecule has 0 aromatic heterocycles. The van der Waals surface area contributed by atoms with Crippen LogP contribution in [0.4, 0.5) is 0 Å². The molecule has 0 atom stereocenters. The Balaban J connectivity index is 3.03. The molecule has 0 amide bonds. The van der Waals surface area contributed by atoms with Gasteiger partial charge in [-0.25, -0.2) is 0 Å². The standard InChI is InChI=1S/C16H21NO2/c1-11(2)18-14-7-8-15(13(9-14)10-17)12(3)19-16(4,5)6/h7-9,11H,3H2,1-2,4-6H3. The van der Waals surface area contributed by atoms with Gasteiger partial charge in [0.05, 0.1) is 11.7 Å². The van der Waals surface area contributed by atoms with Crippen LogP contribution in [0.2, 0.25) is 0 Å². The second-order valence-corrected chi connectivity index (χ2v) is 5.62. The molecule has 19 heavy (non-hydrogen) atoms. The maximum absolute atomic E-state index is 9.22. The third-order valence-electron chi connectivity index (χ3n) is 2.21. The van der Waals surface area contributed by atoms with Gasteiger partial charge in [-0.05, 0) is 52.8 Å². The molecule has 3 heteroatoms. The lowest BCUT2D eigenvalue weighted by Crippen LogP contribution is -2.18. The van der Waals surface area contributed by atoms with Crippen LogP contribution < -0.4 is 4.74 Å². The molecule has 0 spiro atoms. The van der Waals surface area contributed by atoms with E-state index in [4.69, 9.17) is 9.47 Å². The minimum atomic E-state index is -0.336. The maximum atomic E-state index is 9.22. The molecule has 0 radical (unpaired) electrons. The number of nitrogens with zero attached hydrogens (tertiary/aromatic N) is 1. The van der Waals surface area contributed by atoms with Gasteiger partial charge in [-0.2, -0.15) is 5.26 Å². The fourth-order valence-electron chi connectivity index (χ4n) is 1.63. The van der Waals surface area contributed by atoms with Crippen molar-refractivity contribution in [2.75, 3.05) is 0 Å². The molecule has 0 aliphatic rings. The van der Waals surface area contributed by atoms with Crippen LogP contribution >= 0.6 is 0 Å². The van der Waals surface area contributed by atoms with E-state index in [9.17, 15) is 5.26 Å². The van der Waals surface area contributed by atoms with E-state index in [1.165, 1.54) is 0 Å². The van der Waals surface area contributed by atoms with Crippen molar-refractivity contribution < 1.29 is 9.47 Å². The number of hydrogen-bond donors (Lipinski definition) is 0. The van der Waals surface area contributed by atoms with Gasteiger partial charge in [-0.1, -0.05) is 6.58 Å². The van der Waals surface area contributed by atoms with E-state index in [0.29, 0.717) is 22.6 Å². The van der Waals surface area contributed by atoms with Gasteiger partial charge in [0.1, 0.15) is 23.2 Å². The second kappa shape index (κ2) is 5.79. The van der Waals surface area contributed by atoms with E-state index in [0.717, 1.165) is 0 Å².